The average molecular weight is 230 g/mol. The van der Waals surface area contributed by atoms with Crippen LogP contribution < -0.4 is 5.32 Å². The Labute approximate surface area is 94.6 Å². The van der Waals surface area contributed by atoms with Crippen molar-refractivity contribution in [3.05, 3.63) is 0 Å². The molecule has 0 aromatic carbocycles. The van der Waals surface area contributed by atoms with Crippen molar-refractivity contribution in [1.29, 1.82) is 0 Å². The lowest BCUT2D eigenvalue weighted by Gasteiger charge is -2.32. The number of rotatable bonds is 3. The first-order valence-corrected chi connectivity index (χ1v) is 5.39. The molecule has 0 bridgehead atoms. The molecule has 6 nitrogen and oxygen atoms in total. The van der Waals surface area contributed by atoms with E-state index < -0.39 is 18.1 Å². The van der Waals surface area contributed by atoms with Crippen LogP contribution in [-0.4, -0.2) is 54.4 Å². The van der Waals surface area contributed by atoms with Crippen molar-refractivity contribution in [2.75, 3.05) is 26.2 Å². The molecule has 1 aliphatic rings. The van der Waals surface area contributed by atoms with Gasteiger partial charge >= 0.3 is 12.1 Å². The molecular formula is C10H18N2O4. The van der Waals surface area contributed by atoms with Crippen LogP contribution in [-0.2, 0) is 9.53 Å². The van der Waals surface area contributed by atoms with Gasteiger partial charge in [0.1, 0.15) is 6.04 Å². The molecule has 1 heterocycles. The zero-order chi connectivity index (χ0) is 12.1. The fourth-order valence-corrected chi connectivity index (χ4v) is 1.46. The van der Waals surface area contributed by atoms with E-state index in [0.29, 0.717) is 19.7 Å². The van der Waals surface area contributed by atoms with Crippen molar-refractivity contribution in [1.82, 2.24) is 10.2 Å². The number of nitrogens with one attached hydrogen (secondary N) is 1. The van der Waals surface area contributed by atoms with E-state index in [9.17, 15) is 9.59 Å². The molecule has 1 aliphatic heterocycles. The number of carbonyl (C=O) groups is 2. The number of aliphatic carboxylic acids is 1. The maximum absolute atomic E-state index is 11.6. The Morgan fingerprint density at radius 1 is 1.56 bits per heavy atom. The van der Waals surface area contributed by atoms with Crippen LogP contribution in [0.1, 0.15) is 13.8 Å². The topological polar surface area (TPSA) is 78.9 Å². The number of hydrogen-bond donors (Lipinski definition) is 2. The molecule has 6 heteroatoms. The molecule has 92 valence electrons. The van der Waals surface area contributed by atoms with Crippen molar-refractivity contribution in [3.8, 4) is 0 Å². The lowest BCUT2D eigenvalue weighted by atomic mass is 10.2. The summed E-state index contributed by atoms with van der Waals surface area (Å²) in [6, 6.07) is -0.826. The maximum atomic E-state index is 11.6. The third-order valence-corrected chi connectivity index (χ3v) is 2.30. The van der Waals surface area contributed by atoms with E-state index in [1.165, 1.54) is 4.90 Å². The van der Waals surface area contributed by atoms with Crippen LogP contribution in [0.15, 0.2) is 0 Å². The van der Waals surface area contributed by atoms with Crippen LogP contribution >= 0.6 is 0 Å². The van der Waals surface area contributed by atoms with Crippen LogP contribution in [0, 0.1) is 5.92 Å². The summed E-state index contributed by atoms with van der Waals surface area (Å²) in [5.74, 6) is -0.760. The molecule has 1 rings (SSSR count). The van der Waals surface area contributed by atoms with Gasteiger partial charge in [-0.2, -0.15) is 0 Å². The lowest BCUT2D eigenvalue weighted by molar-refractivity contribution is -0.143. The van der Waals surface area contributed by atoms with E-state index in [-0.39, 0.29) is 12.5 Å². The highest BCUT2D eigenvalue weighted by Crippen LogP contribution is 2.07. The van der Waals surface area contributed by atoms with Crippen molar-refractivity contribution >= 4 is 12.1 Å². The van der Waals surface area contributed by atoms with Gasteiger partial charge in [-0.15, -0.1) is 0 Å². The molecule has 1 unspecified atom stereocenters. The SMILES string of the molecule is CC(C)COC(=O)N1CCNCC1C(=O)O. The Morgan fingerprint density at radius 2 is 2.25 bits per heavy atom. The second-order valence-corrected chi connectivity index (χ2v) is 4.22. The number of ether oxygens (including phenoxy) is 1. The quantitative estimate of drug-likeness (QED) is 0.721. The predicted molar refractivity (Wildman–Crippen MR) is 57.2 cm³/mol. The molecule has 1 fully saturated rings. The number of piperazine rings is 1. The molecule has 1 saturated heterocycles. The van der Waals surface area contributed by atoms with Gasteiger partial charge < -0.3 is 15.2 Å². The van der Waals surface area contributed by atoms with Gasteiger partial charge in [0, 0.05) is 19.6 Å². The second kappa shape index (κ2) is 5.69. The van der Waals surface area contributed by atoms with E-state index >= 15 is 0 Å². The van der Waals surface area contributed by atoms with E-state index in [2.05, 4.69) is 5.32 Å². The van der Waals surface area contributed by atoms with E-state index in [0.717, 1.165) is 0 Å². The molecule has 0 aliphatic carbocycles. The molecular weight excluding hydrogens is 212 g/mol. The standard InChI is InChI=1S/C10H18N2O4/c1-7(2)6-16-10(15)12-4-3-11-5-8(12)9(13)14/h7-8,11H,3-6H2,1-2H3,(H,13,14). The molecule has 0 radical (unpaired) electrons. The predicted octanol–water partition coefficient (Wildman–Crippen LogP) is 0.137. The van der Waals surface area contributed by atoms with E-state index in [1.807, 2.05) is 13.8 Å². The highest BCUT2D eigenvalue weighted by Gasteiger charge is 2.32. The Hall–Kier alpha value is -1.30. The molecule has 0 spiro atoms. The van der Waals surface area contributed by atoms with Gasteiger partial charge in [-0.3, -0.25) is 4.90 Å². The Balaban J connectivity index is 2.54. The van der Waals surface area contributed by atoms with Gasteiger partial charge in [0.2, 0.25) is 0 Å². The first kappa shape index (κ1) is 12.8. The van der Waals surface area contributed by atoms with Crippen LogP contribution in [0.25, 0.3) is 0 Å². The van der Waals surface area contributed by atoms with Crippen molar-refractivity contribution in [3.63, 3.8) is 0 Å². The van der Waals surface area contributed by atoms with Gasteiger partial charge in [0.25, 0.3) is 0 Å². The second-order valence-electron chi connectivity index (χ2n) is 4.22. The normalized spacial score (nSPS) is 20.9. The number of carboxylic acids is 1. The Kier molecular flexibility index (Phi) is 4.54. The van der Waals surface area contributed by atoms with Crippen molar-refractivity contribution in [2.24, 2.45) is 5.92 Å². The van der Waals surface area contributed by atoms with Crippen LogP contribution in [0.3, 0.4) is 0 Å². The smallest absolute Gasteiger partial charge is 0.410 e. The summed E-state index contributed by atoms with van der Waals surface area (Å²) in [6.07, 6.45) is -0.539. The molecule has 0 saturated carbocycles. The number of carbonyl (C=O) groups excluding carboxylic acids is 1. The molecule has 0 aromatic rings. The molecule has 2 N–H and O–H groups in total. The zero-order valence-electron chi connectivity index (χ0n) is 9.60. The highest BCUT2D eigenvalue weighted by atomic mass is 16.6. The Morgan fingerprint density at radius 3 is 2.81 bits per heavy atom. The third kappa shape index (κ3) is 3.37. The average Bonchev–Trinajstić information content (AvgIpc) is 2.25. The fraction of sp³-hybridized carbons (Fsp3) is 0.800. The molecule has 0 aromatic heterocycles. The summed E-state index contributed by atoms with van der Waals surface area (Å²) in [5, 5.41) is 11.9. The van der Waals surface area contributed by atoms with Crippen LogP contribution in [0.4, 0.5) is 4.79 Å². The van der Waals surface area contributed by atoms with Gasteiger partial charge in [-0.25, -0.2) is 9.59 Å². The minimum atomic E-state index is -1.01. The van der Waals surface area contributed by atoms with Crippen LogP contribution in [0.2, 0.25) is 0 Å². The van der Waals surface area contributed by atoms with E-state index in [1.54, 1.807) is 0 Å². The zero-order valence-corrected chi connectivity index (χ0v) is 9.60. The number of hydrogen-bond acceptors (Lipinski definition) is 4. The molecule has 1 amide bonds. The van der Waals surface area contributed by atoms with Crippen molar-refractivity contribution < 1.29 is 19.4 Å². The summed E-state index contributed by atoms with van der Waals surface area (Å²) < 4.78 is 5.02. The summed E-state index contributed by atoms with van der Waals surface area (Å²) in [6.45, 7) is 5.41. The fourth-order valence-electron chi connectivity index (χ4n) is 1.46. The third-order valence-electron chi connectivity index (χ3n) is 2.30. The minimum absolute atomic E-state index is 0.246. The van der Waals surface area contributed by atoms with Crippen LogP contribution in [0.5, 0.6) is 0 Å². The highest BCUT2D eigenvalue weighted by molar-refractivity contribution is 5.80. The summed E-state index contributed by atoms with van der Waals surface area (Å²) >= 11 is 0. The Bertz CT molecular complexity index is 268. The first-order valence-electron chi connectivity index (χ1n) is 5.39. The number of amides is 1. The summed E-state index contributed by atoms with van der Waals surface area (Å²) in [5.41, 5.74) is 0. The monoisotopic (exact) mass is 230 g/mol. The molecule has 16 heavy (non-hydrogen) atoms. The lowest BCUT2D eigenvalue weighted by Crippen LogP contribution is -2.57. The number of carboxylic acid groups (broad SMARTS) is 1. The van der Waals surface area contributed by atoms with Crippen molar-refractivity contribution in [2.45, 2.75) is 19.9 Å². The summed E-state index contributed by atoms with van der Waals surface area (Å²) in [7, 11) is 0. The summed E-state index contributed by atoms with van der Waals surface area (Å²) in [4.78, 5) is 23.8. The molecule has 1 atom stereocenters. The maximum Gasteiger partial charge on any atom is 0.410 e. The van der Waals surface area contributed by atoms with Gasteiger partial charge in [-0.1, -0.05) is 13.8 Å². The van der Waals surface area contributed by atoms with Gasteiger partial charge in [-0.05, 0) is 5.92 Å². The van der Waals surface area contributed by atoms with Gasteiger partial charge in [0.15, 0.2) is 0 Å². The minimum Gasteiger partial charge on any atom is -0.480 e. The van der Waals surface area contributed by atoms with Gasteiger partial charge in [0.05, 0.1) is 6.61 Å². The first-order chi connectivity index (χ1) is 7.52. The number of nitrogens with zero attached hydrogens (tertiary/aromatic N) is 1. The largest absolute Gasteiger partial charge is 0.480 e. The van der Waals surface area contributed by atoms with E-state index in [4.69, 9.17) is 9.84 Å².